The molecule has 0 aromatic heterocycles. The van der Waals surface area contributed by atoms with Crippen LogP contribution in [0.3, 0.4) is 0 Å². The van der Waals surface area contributed by atoms with Crippen molar-refractivity contribution >= 4 is 21.4 Å². The maximum Gasteiger partial charge on any atom is 0.270 e. The number of hydrogen-bond acceptors (Lipinski definition) is 6. The highest BCUT2D eigenvalue weighted by atomic mass is 32.2. The molecule has 1 saturated carbocycles. The zero-order valence-corrected chi connectivity index (χ0v) is 17.5. The Hall–Kier alpha value is -1.71. The normalized spacial score (nSPS) is 20.4. The maximum atomic E-state index is 13.1. The Morgan fingerprint density at radius 1 is 1.14 bits per heavy atom. The highest BCUT2D eigenvalue weighted by molar-refractivity contribution is 7.89. The van der Waals surface area contributed by atoms with E-state index in [-0.39, 0.29) is 16.1 Å². The van der Waals surface area contributed by atoms with Gasteiger partial charge >= 0.3 is 0 Å². The van der Waals surface area contributed by atoms with Crippen LogP contribution < -0.4 is 5.32 Å². The van der Waals surface area contributed by atoms with Crippen molar-refractivity contribution in [1.29, 1.82) is 0 Å². The largest absolute Gasteiger partial charge is 0.382 e. The smallest absolute Gasteiger partial charge is 0.270 e. The van der Waals surface area contributed by atoms with E-state index in [0.29, 0.717) is 25.3 Å². The third-order valence-electron chi connectivity index (χ3n) is 6.20. The van der Waals surface area contributed by atoms with Crippen molar-refractivity contribution in [2.75, 3.05) is 39.0 Å². The Bertz CT molecular complexity index is 813. The molecule has 0 unspecified atom stereocenters. The summed E-state index contributed by atoms with van der Waals surface area (Å²) in [4.78, 5) is 12.9. The summed E-state index contributed by atoms with van der Waals surface area (Å²) in [5.74, 6) is 0. The summed E-state index contributed by atoms with van der Waals surface area (Å²) < 4.78 is 27.7. The lowest BCUT2D eigenvalue weighted by Crippen LogP contribution is -2.51. The van der Waals surface area contributed by atoms with Crippen molar-refractivity contribution in [3.63, 3.8) is 0 Å². The van der Waals surface area contributed by atoms with Gasteiger partial charge in [0, 0.05) is 37.3 Å². The highest BCUT2D eigenvalue weighted by Crippen LogP contribution is 2.35. The standard InChI is InChI=1S/C19H30N4O4S/c1-21(2)19(10-4-3-5-11-19)15-20-17-9-8-16(23(24)25)14-18(17)28(26,27)22-12-6-7-13-22/h8-9,14,20H,3-7,10-13,15H2,1-2H3. The summed E-state index contributed by atoms with van der Waals surface area (Å²) in [6.07, 6.45) is 7.27. The number of anilines is 1. The molecule has 1 N–H and O–H groups in total. The van der Waals surface area contributed by atoms with Crippen LogP contribution in [0, 0.1) is 10.1 Å². The Morgan fingerprint density at radius 3 is 2.36 bits per heavy atom. The van der Waals surface area contributed by atoms with Crippen molar-refractivity contribution in [3.8, 4) is 0 Å². The van der Waals surface area contributed by atoms with Gasteiger partial charge in [-0.05, 0) is 45.8 Å². The average molecular weight is 411 g/mol. The summed E-state index contributed by atoms with van der Waals surface area (Å²) >= 11 is 0. The molecule has 1 aliphatic heterocycles. The number of hydrogen-bond donors (Lipinski definition) is 1. The first-order valence-electron chi connectivity index (χ1n) is 9.96. The fourth-order valence-corrected chi connectivity index (χ4v) is 6.01. The van der Waals surface area contributed by atoms with Gasteiger partial charge in [0.1, 0.15) is 4.90 Å². The van der Waals surface area contributed by atoms with E-state index in [1.54, 1.807) is 0 Å². The molecule has 0 atom stereocenters. The highest BCUT2D eigenvalue weighted by Gasteiger charge is 2.35. The first-order valence-corrected chi connectivity index (χ1v) is 11.4. The SMILES string of the molecule is CN(C)C1(CNc2ccc([N+](=O)[O-])cc2S(=O)(=O)N2CCCC2)CCCCC1. The van der Waals surface area contributed by atoms with E-state index in [0.717, 1.165) is 38.5 Å². The van der Waals surface area contributed by atoms with Crippen molar-refractivity contribution in [2.45, 2.75) is 55.4 Å². The van der Waals surface area contributed by atoms with Gasteiger partial charge in [-0.15, -0.1) is 0 Å². The number of nitro groups is 1. The fraction of sp³-hybridized carbons (Fsp3) is 0.684. The van der Waals surface area contributed by atoms with E-state index in [9.17, 15) is 18.5 Å². The average Bonchev–Trinajstić information content (AvgIpc) is 3.22. The first-order chi connectivity index (χ1) is 13.3. The van der Waals surface area contributed by atoms with Crippen LogP contribution in [0.15, 0.2) is 23.1 Å². The second-order valence-corrected chi connectivity index (χ2v) is 9.99. The summed E-state index contributed by atoms with van der Waals surface area (Å²) in [7, 11) is 0.355. The third-order valence-corrected chi connectivity index (χ3v) is 8.14. The number of rotatable bonds is 7. The van der Waals surface area contributed by atoms with Crippen LogP contribution in [-0.2, 0) is 10.0 Å². The molecule has 156 valence electrons. The Kier molecular flexibility index (Phi) is 6.26. The molecule has 3 rings (SSSR count). The summed E-state index contributed by atoms with van der Waals surface area (Å²) in [5.41, 5.74) is 0.210. The molecule has 1 aliphatic carbocycles. The van der Waals surface area contributed by atoms with E-state index in [1.807, 2.05) is 0 Å². The summed E-state index contributed by atoms with van der Waals surface area (Å²) in [6.45, 7) is 1.54. The zero-order chi connectivity index (χ0) is 20.4. The quantitative estimate of drug-likeness (QED) is 0.548. The van der Waals surface area contributed by atoms with Gasteiger partial charge in [-0.1, -0.05) is 19.3 Å². The lowest BCUT2D eigenvalue weighted by Gasteiger charge is -2.43. The minimum atomic E-state index is -3.77. The van der Waals surface area contributed by atoms with Gasteiger partial charge in [0.2, 0.25) is 10.0 Å². The minimum Gasteiger partial charge on any atom is -0.382 e. The molecule has 1 saturated heterocycles. The topological polar surface area (TPSA) is 95.8 Å². The van der Waals surface area contributed by atoms with Gasteiger partial charge in [-0.3, -0.25) is 10.1 Å². The number of sulfonamides is 1. The molecule has 1 aromatic carbocycles. The van der Waals surface area contributed by atoms with Crippen molar-refractivity contribution in [1.82, 2.24) is 9.21 Å². The lowest BCUT2D eigenvalue weighted by molar-refractivity contribution is -0.385. The number of likely N-dealkylation sites (N-methyl/N-ethyl adjacent to an activating group) is 1. The van der Waals surface area contributed by atoms with Gasteiger partial charge in [0.05, 0.1) is 10.6 Å². The molecule has 9 heteroatoms. The second kappa shape index (κ2) is 8.34. The molecule has 0 bridgehead atoms. The molecule has 28 heavy (non-hydrogen) atoms. The Labute approximate surface area is 167 Å². The van der Waals surface area contributed by atoms with E-state index < -0.39 is 14.9 Å². The van der Waals surface area contributed by atoms with Crippen LogP contribution in [-0.4, -0.2) is 61.8 Å². The number of non-ortho nitro benzene ring substituents is 1. The van der Waals surface area contributed by atoms with Gasteiger partial charge in [0.25, 0.3) is 5.69 Å². The molecule has 1 aromatic rings. The van der Waals surface area contributed by atoms with E-state index in [4.69, 9.17) is 0 Å². The monoisotopic (exact) mass is 410 g/mol. The van der Waals surface area contributed by atoms with Crippen LogP contribution >= 0.6 is 0 Å². The van der Waals surface area contributed by atoms with E-state index in [2.05, 4.69) is 24.3 Å². The second-order valence-electron chi connectivity index (χ2n) is 8.08. The first kappa shape index (κ1) is 21.0. The molecule has 1 heterocycles. The third kappa shape index (κ3) is 4.16. The summed E-state index contributed by atoms with van der Waals surface area (Å²) in [5, 5.41) is 14.6. The predicted molar refractivity (Wildman–Crippen MR) is 109 cm³/mol. The lowest BCUT2D eigenvalue weighted by atomic mass is 9.80. The van der Waals surface area contributed by atoms with Crippen molar-refractivity contribution in [3.05, 3.63) is 28.3 Å². The molecule has 0 spiro atoms. The van der Waals surface area contributed by atoms with Gasteiger partial charge in [-0.25, -0.2) is 8.42 Å². The molecule has 2 aliphatic rings. The number of nitrogens with zero attached hydrogens (tertiary/aromatic N) is 3. The molecular weight excluding hydrogens is 380 g/mol. The number of nitro benzene ring substituents is 1. The molecular formula is C19H30N4O4S. The minimum absolute atomic E-state index is 0.00770. The van der Waals surface area contributed by atoms with Crippen LogP contribution in [0.1, 0.15) is 44.9 Å². The van der Waals surface area contributed by atoms with Crippen LogP contribution in [0.4, 0.5) is 11.4 Å². The maximum absolute atomic E-state index is 13.1. The fourth-order valence-electron chi connectivity index (χ4n) is 4.30. The van der Waals surface area contributed by atoms with Gasteiger partial charge in [-0.2, -0.15) is 4.31 Å². The van der Waals surface area contributed by atoms with Gasteiger partial charge < -0.3 is 10.2 Å². The number of benzene rings is 1. The van der Waals surface area contributed by atoms with Crippen LogP contribution in [0.5, 0.6) is 0 Å². The molecule has 0 radical (unpaired) electrons. The summed E-state index contributed by atoms with van der Waals surface area (Å²) in [6, 6.07) is 4.10. The van der Waals surface area contributed by atoms with Crippen LogP contribution in [0.25, 0.3) is 0 Å². The molecule has 2 fully saturated rings. The Morgan fingerprint density at radius 2 is 1.79 bits per heavy atom. The van der Waals surface area contributed by atoms with Crippen LogP contribution in [0.2, 0.25) is 0 Å². The van der Waals surface area contributed by atoms with E-state index in [1.165, 1.54) is 28.9 Å². The molecule has 8 nitrogen and oxygen atoms in total. The Balaban J connectivity index is 1.92. The van der Waals surface area contributed by atoms with Gasteiger partial charge in [0.15, 0.2) is 0 Å². The zero-order valence-electron chi connectivity index (χ0n) is 16.7. The molecule has 0 amide bonds. The van der Waals surface area contributed by atoms with E-state index >= 15 is 0 Å². The predicted octanol–water partition coefficient (Wildman–Crippen LogP) is 3.06. The van der Waals surface area contributed by atoms with Crippen molar-refractivity contribution < 1.29 is 13.3 Å². The van der Waals surface area contributed by atoms with Crippen molar-refractivity contribution in [2.24, 2.45) is 0 Å². The number of nitrogens with one attached hydrogen (secondary N) is 1.